The second kappa shape index (κ2) is 13.5. The SMILES string of the molecule is CNC(C)C(=O)NC(C(=O)C1CCC2C(CC(=O)c3ccccc3)CC(C3=CCc4cc(F)ccc43)C2C1)C1CCCCC1. The van der Waals surface area contributed by atoms with E-state index in [0.29, 0.717) is 12.3 Å². The monoisotopic (exact) mass is 598 g/mol. The van der Waals surface area contributed by atoms with Crippen molar-refractivity contribution in [2.24, 2.45) is 35.5 Å². The van der Waals surface area contributed by atoms with Gasteiger partial charge in [0.1, 0.15) is 5.82 Å². The number of ketones is 2. The number of Topliss-reactive ketones (excluding diaryl/α,β-unsaturated/α-hetero) is 2. The van der Waals surface area contributed by atoms with Crippen LogP contribution in [0.3, 0.4) is 0 Å². The zero-order valence-corrected chi connectivity index (χ0v) is 26.2. The predicted octanol–water partition coefficient (Wildman–Crippen LogP) is 6.95. The number of hydrogen-bond donors (Lipinski definition) is 2. The Bertz CT molecular complexity index is 1400. The fraction of sp³-hybridized carbons (Fsp3) is 0.553. The van der Waals surface area contributed by atoms with Crippen molar-refractivity contribution in [1.29, 1.82) is 0 Å². The maximum Gasteiger partial charge on any atom is 0.237 e. The molecule has 6 rings (SSSR count). The first-order valence-electron chi connectivity index (χ1n) is 16.9. The molecular formula is C38H47FN2O3. The van der Waals surface area contributed by atoms with Crippen molar-refractivity contribution in [2.45, 2.75) is 89.6 Å². The molecule has 2 N–H and O–H groups in total. The van der Waals surface area contributed by atoms with Crippen LogP contribution in [0.2, 0.25) is 0 Å². The van der Waals surface area contributed by atoms with Gasteiger partial charge in [-0.2, -0.15) is 0 Å². The number of halogens is 1. The van der Waals surface area contributed by atoms with Gasteiger partial charge in [0.05, 0.1) is 12.1 Å². The molecule has 4 aliphatic rings. The van der Waals surface area contributed by atoms with Crippen LogP contribution in [0.25, 0.3) is 5.57 Å². The Morgan fingerprint density at radius 3 is 2.45 bits per heavy atom. The zero-order chi connectivity index (χ0) is 30.8. The Kier molecular flexibility index (Phi) is 9.46. The number of rotatable bonds is 10. The Labute approximate surface area is 261 Å². The lowest BCUT2D eigenvalue weighted by atomic mass is 9.66. The van der Waals surface area contributed by atoms with Crippen LogP contribution >= 0.6 is 0 Å². The second-order valence-corrected chi connectivity index (χ2v) is 13.9. The third-order valence-electron chi connectivity index (χ3n) is 11.5. The van der Waals surface area contributed by atoms with Gasteiger partial charge in [0.25, 0.3) is 0 Å². The molecule has 7 atom stereocenters. The lowest BCUT2D eigenvalue weighted by Crippen LogP contribution is -2.53. The molecule has 1 amide bonds. The molecule has 5 nitrogen and oxygen atoms in total. The van der Waals surface area contributed by atoms with Gasteiger partial charge in [0, 0.05) is 17.9 Å². The Morgan fingerprint density at radius 1 is 0.932 bits per heavy atom. The smallest absolute Gasteiger partial charge is 0.237 e. The van der Waals surface area contributed by atoms with Gasteiger partial charge in [-0.1, -0.05) is 61.7 Å². The molecule has 7 unspecified atom stereocenters. The van der Waals surface area contributed by atoms with Gasteiger partial charge in [-0.15, -0.1) is 0 Å². The Hall–Kier alpha value is -3.12. The fourth-order valence-electron chi connectivity index (χ4n) is 9.03. The Balaban J connectivity index is 1.26. The summed E-state index contributed by atoms with van der Waals surface area (Å²) < 4.78 is 14.1. The average Bonchev–Trinajstić information content (AvgIpc) is 3.63. The average molecular weight is 599 g/mol. The molecule has 44 heavy (non-hydrogen) atoms. The minimum atomic E-state index is -0.440. The van der Waals surface area contributed by atoms with Crippen LogP contribution in [0.5, 0.6) is 0 Å². The van der Waals surface area contributed by atoms with E-state index < -0.39 is 6.04 Å². The van der Waals surface area contributed by atoms with E-state index in [1.807, 2.05) is 43.3 Å². The lowest BCUT2D eigenvalue weighted by Gasteiger charge is -2.39. The minimum absolute atomic E-state index is 0.103. The van der Waals surface area contributed by atoms with E-state index in [1.165, 1.54) is 12.0 Å². The van der Waals surface area contributed by atoms with Gasteiger partial charge in [0.15, 0.2) is 11.6 Å². The third kappa shape index (κ3) is 6.33. The number of amides is 1. The van der Waals surface area contributed by atoms with E-state index in [4.69, 9.17) is 0 Å². The Morgan fingerprint density at radius 2 is 1.70 bits per heavy atom. The van der Waals surface area contributed by atoms with Crippen molar-refractivity contribution >= 4 is 23.0 Å². The van der Waals surface area contributed by atoms with E-state index in [9.17, 15) is 18.8 Å². The number of nitrogens with one attached hydrogen (secondary N) is 2. The number of carbonyl (C=O) groups is 3. The molecule has 0 spiro atoms. The van der Waals surface area contributed by atoms with Crippen LogP contribution in [0.4, 0.5) is 4.39 Å². The van der Waals surface area contributed by atoms with Gasteiger partial charge in [-0.05, 0) is 117 Å². The molecule has 6 heteroatoms. The summed E-state index contributed by atoms with van der Waals surface area (Å²) in [5.74, 6) is 1.32. The van der Waals surface area contributed by atoms with Crippen molar-refractivity contribution < 1.29 is 18.8 Å². The summed E-state index contributed by atoms with van der Waals surface area (Å²) in [6, 6.07) is 13.9. The van der Waals surface area contributed by atoms with E-state index >= 15 is 0 Å². The molecule has 2 aromatic rings. The minimum Gasteiger partial charge on any atom is -0.345 e. The largest absolute Gasteiger partial charge is 0.345 e. The maximum atomic E-state index is 14.4. The summed E-state index contributed by atoms with van der Waals surface area (Å²) >= 11 is 0. The first-order chi connectivity index (χ1) is 21.3. The quantitative estimate of drug-likeness (QED) is 0.290. The van der Waals surface area contributed by atoms with Crippen molar-refractivity contribution in [3.8, 4) is 0 Å². The van der Waals surface area contributed by atoms with Crippen molar-refractivity contribution in [3.63, 3.8) is 0 Å². The van der Waals surface area contributed by atoms with E-state index in [1.54, 1.807) is 19.2 Å². The molecule has 0 bridgehead atoms. The molecule has 3 saturated carbocycles. The number of hydrogen-bond acceptors (Lipinski definition) is 4. The van der Waals surface area contributed by atoms with Crippen LogP contribution < -0.4 is 10.6 Å². The van der Waals surface area contributed by atoms with E-state index in [2.05, 4.69) is 16.7 Å². The highest BCUT2D eigenvalue weighted by Gasteiger charge is 2.50. The maximum absolute atomic E-state index is 14.4. The van der Waals surface area contributed by atoms with Gasteiger partial charge >= 0.3 is 0 Å². The lowest BCUT2D eigenvalue weighted by molar-refractivity contribution is -0.133. The van der Waals surface area contributed by atoms with Gasteiger partial charge in [-0.25, -0.2) is 4.39 Å². The topological polar surface area (TPSA) is 75.3 Å². The van der Waals surface area contributed by atoms with Crippen molar-refractivity contribution in [3.05, 3.63) is 77.1 Å². The standard InChI is InChI=1S/C38H47FN2O3/c1-23(40-2)38(44)41-36(25-11-7-4-8-12-25)37(43)27-14-16-31-28(22-35(42)24-9-5-3-6-10-24)21-34(33(31)20-27)32-17-13-26-19-29(39)15-18-30(26)32/h3,5-6,9-10,15,17-19,23,25,27-28,31,33-34,36,40H,4,7-8,11-14,16,20-22H2,1-2H3,(H,41,44). The highest BCUT2D eigenvalue weighted by Crippen LogP contribution is 2.57. The van der Waals surface area contributed by atoms with Crippen LogP contribution in [0.1, 0.15) is 92.6 Å². The summed E-state index contributed by atoms with van der Waals surface area (Å²) in [6.45, 7) is 1.84. The van der Waals surface area contributed by atoms with E-state index in [-0.39, 0.29) is 58.9 Å². The number of allylic oxidation sites excluding steroid dienone is 2. The molecule has 0 radical (unpaired) electrons. The third-order valence-corrected chi connectivity index (χ3v) is 11.5. The zero-order valence-electron chi connectivity index (χ0n) is 26.2. The highest BCUT2D eigenvalue weighted by molar-refractivity contribution is 5.96. The summed E-state index contributed by atoms with van der Waals surface area (Å²) in [5, 5.41) is 6.21. The van der Waals surface area contributed by atoms with E-state index in [0.717, 1.165) is 74.5 Å². The molecule has 0 saturated heterocycles. The summed E-state index contributed by atoms with van der Waals surface area (Å²) in [4.78, 5) is 40.8. The first-order valence-corrected chi connectivity index (χ1v) is 16.9. The molecular weight excluding hydrogens is 551 g/mol. The van der Waals surface area contributed by atoms with Gasteiger partial charge in [0.2, 0.25) is 5.91 Å². The number of carbonyl (C=O) groups excluding carboxylic acids is 3. The van der Waals surface area contributed by atoms with Crippen LogP contribution in [0.15, 0.2) is 54.6 Å². The number of likely N-dealkylation sites (N-methyl/N-ethyl adjacent to an activating group) is 1. The molecule has 0 heterocycles. The van der Waals surface area contributed by atoms with Crippen molar-refractivity contribution in [2.75, 3.05) is 7.05 Å². The molecule has 234 valence electrons. The van der Waals surface area contributed by atoms with Crippen LogP contribution in [-0.4, -0.2) is 36.6 Å². The fourth-order valence-corrected chi connectivity index (χ4v) is 9.03. The van der Waals surface area contributed by atoms with Gasteiger partial charge < -0.3 is 10.6 Å². The van der Waals surface area contributed by atoms with Crippen molar-refractivity contribution in [1.82, 2.24) is 10.6 Å². The molecule has 0 aliphatic heterocycles. The van der Waals surface area contributed by atoms with Crippen LogP contribution in [0, 0.1) is 41.3 Å². The predicted molar refractivity (Wildman–Crippen MR) is 171 cm³/mol. The molecule has 3 fully saturated rings. The number of benzene rings is 2. The highest BCUT2D eigenvalue weighted by atomic mass is 19.1. The molecule has 2 aromatic carbocycles. The first kappa shape index (κ1) is 30.9. The second-order valence-electron chi connectivity index (χ2n) is 13.9. The molecule has 0 aromatic heterocycles. The summed E-state index contributed by atoms with van der Waals surface area (Å²) in [6.07, 6.45) is 12.3. The summed E-state index contributed by atoms with van der Waals surface area (Å²) in [5.41, 5.74) is 4.20. The summed E-state index contributed by atoms with van der Waals surface area (Å²) in [7, 11) is 1.77. The van der Waals surface area contributed by atoms with Gasteiger partial charge in [-0.3, -0.25) is 14.4 Å². The van der Waals surface area contributed by atoms with Crippen LogP contribution in [-0.2, 0) is 16.0 Å². The normalized spacial score (nSPS) is 28.0. The number of fused-ring (bicyclic) bond motifs is 2. The molecule has 4 aliphatic carbocycles.